The van der Waals surface area contributed by atoms with Crippen LogP contribution in [-0.4, -0.2) is 56.1 Å². The number of rotatable bonds is 8. The second-order valence-electron chi connectivity index (χ2n) is 11.2. The molecule has 1 saturated heterocycles. The lowest BCUT2D eigenvalue weighted by Gasteiger charge is -2.51. The number of hydrogen-bond acceptors (Lipinski definition) is 5. The first-order valence-electron chi connectivity index (χ1n) is 12.0. The van der Waals surface area contributed by atoms with Crippen LogP contribution >= 0.6 is 0 Å². The standard InChI is InChI=1S/C25H41NO5Si/c1-10-14-29-24(28)22-20-17(12-11-13-18(20)30-15(2)3)21-19(23(27)26(21)22)16(4)31-32(8,9)25(5,6)7/h10,15-19,21H,1,11-14H2,2-9H3/t16?,17-,18+,19+,21+/m0/s1. The molecule has 180 valence electrons. The molecule has 2 fully saturated rings. The van der Waals surface area contributed by atoms with Crippen LogP contribution in [0.25, 0.3) is 0 Å². The number of carbonyl (C=O) groups excluding carboxylic acids is 2. The molecular weight excluding hydrogens is 422 g/mol. The van der Waals surface area contributed by atoms with Crippen LogP contribution in [0.4, 0.5) is 0 Å². The molecule has 32 heavy (non-hydrogen) atoms. The highest BCUT2D eigenvalue weighted by Gasteiger charge is 2.63. The van der Waals surface area contributed by atoms with Crippen molar-refractivity contribution < 1.29 is 23.5 Å². The summed E-state index contributed by atoms with van der Waals surface area (Å²) < 4.78 is 18.3. The predicted octanol–water partition coefficient (Wildman–Crippen LogP) is 4.81. The van der Waals surface area contributed by atoms with Gasteiger partial charge in [-0.2, -0.15) is 0 Å². The van der Waals surface area contributed by atoms with Gasteiger partial charge in [-0.05, 0) is 63.7 Å². The third-order valence-corrected chi connectivity index (χ3v) is 12.2. The monoisotopic (exact) mass is 463 g/mol. The fraction of sp³-hybridized carbons (Fsp3) is 0.760. The zero-order chi connectivity index (χ0) is 24.0. The van der Waals surface area contributed by atoms with E-state index in [9.17, 15) is 9.59 Å². The summed E-state index contributed by atoms with van der Waals surface area (Å²) in [7, 11) is -2.03. The van der Waals surface area contributed by atoms with Crippen LogP contribution in [0.1, 0.15) is 60.8 Å². The summed E-state index contributed by atoms with van der Waals surface area (Å²) in [5, 5.41) is 0.0630. The molecule has 0 spiro atoms. The van der Waals surface area contributed by atoms with E-state index < -0.39 is 14.3 Å². The van der Waals surface area contributed by atoms with Crippen LogP contribution in [0, 0.1) is 11.8 Å². The molecule has 1 saturated carbocycles. The second kappa shape index (κ2) is 9.07. The molecule has 1 unspecified atom stereocenters. The molecule has 7 heteroatoms. The van der Waals surface area contributed by atoms with Crippen molar-refractivity contribution in [2.75, 3.05) is 6.61 Å². The molecule has 0 aromatic carbocycles. The van der Waals surface area contributed by atoms with Gasteiger partial charge in [-0.3, -0.25) is 4.79 Å². The molecular formula is C25H41NO5Si. The smallest absolute Gasteiger partial charge is 0.355 e. The molecule has 0 N–H and O–H groups in total. The van der Waals surface area contributed by atoms with E-state index in [1.54, 1.807) is 11.0 Å². The van der Waals surface area contributed by atoms with E-state index in [4.69, 9.17) is 13.9 Å². The van der Waals surface area contributed by atoms with Gasteiger partial charge < -0.3 is 18.8 Å². The Morgan fingerprint density at radius 3 is 2.47 bits per heavy atom. The first-order valence-corrected chi connectivity index (χ1v) is 14.9. The first-order chi connectivity index (χ1) is 14.8. The number of hydrogen-bond donors (Lipinski definition) is 0. The SMILES string of the molecule is C=CCOC(=O)C1=C2[C@H](OC(C)C)CCC[C@@H]2[C@@H]2[C@@H](C(C)O[Si](C)(C)C(C)(C)C)C(=O)N12. The number of β-lactam (4-membered cyclic amide) rings is 1. The third-order valence-electron chi connectivity index (χ3n) is 7.60. The molecule has 1 aliphatic carbocycles. The maximum absolute atomic E-state index is 13.4. The van der Waals surface area contributed by atoms with Crippen LogP contribution in [0.15, 0.2) is 23.9 Å². The minimum absolute atomic E-state index is 0.0306. The Hall–Kier alpha value is -1.44. The normalized spacial score (nSPS) is 28.9. The number of amides is 1. The average molecular weight is 464 g/mol. The molecule has 6 nitrogen and oxygen atoms in total. The van der Waals surface area contributed by atoms with E-state index in [0.29, 0.717) is 5.70 Å². The summed E-state index contributed by atoms with van der Waals surface area (Å²) in [5.41, 5.74) is 1.37. The van der Waals surface area contributed by atoms with Crippen molar-refractivity contribution >= 4 is 20.2 Å². The van der Waals surface area contributed by atoms with Crippen molar-refractivity contribution in [3.63, 3.8) is 0 Å². The summed E-state index contributed by atoms with van der Waals surface area (Å²) in [6.45, 7) is 20.9. The molecule has 2 heterocycles. The van der Waals surface area contributed by atoms with E-state index in [1.165, 1.54) is 0 Å². The highest BCUT2D eigenvalue weighted by Crippen LogP contribution is 2.54. The maximum atomic E-state index is 13.4. The highest BCUT2D eigenvalue weighted by atomic mass is 28.4. The van der Waals surface area contributed by atoms with Gasteiger partial charge in [0.05, 0.1) is 30.3 Å². The quantitative estimate of drug-likeness (QED) is 0.224. The Kier molecular flexibility index (Phi) is 7.14. The van der Waals surface area contributed by atoms with Crippen LogP contribution in [0.2, 0.25) is 18.1 Å². The Morgan fingerprint density at radius 2 is 1.91 bits per heavy atom. The zero-order valence-corrected chi connectivity index (χ0v) is 22.1. The predicted molar refractivity (Wildman–Crippen MR) is 127 cm³/mol. The lowest BCUT2D eigenvalue weighted by atomic mass is 9.71. The summed E-state index contributed by atoms with van der Waals surface area (Å²) in [6, 6.07) is -0.0536. The second-order valence-corrected chi connectivity index (χ2v) is 16.0. The van der Waals surface area contributed by atoms with E-state index in [-0.39, 0.29) is 53.7 Å². The Morgan fingerprint density at radius 1 is 1.25 bits per heavy atom. The van der Waals surface area contributed by atoms with Gasteiger partial charge in [0.15, 0.2) is 8.32 Å². The Bertz CT molecular complexity index is 797. The first kappa shape index (κ1) is 25.2. The summed E-state index contributed by atoms with van der Waals surface area (Å²) in [6.07, 6.45) is 4.06. The third kappa shape index (κ3) is 4.36. The summed E-state index contributed by atoms with van der Waals surface area (Å²) >= 11 is 0. The minimum atomic E-state index is -2.03. The van der Waals surface area contributed by atoms with Gasteiger partial charge in [-0.25, -0.2) is 4.79 Å². The lowest BCUT2D eigenvalue weighted by Crippen LogP contribution is -2.65. The Labute approximate surface area is 194 Å². The highest BCUT2D eigenvalue weighted by molar-refractivity contribution is 6.74. The molecule has 0 bridgehead atoms. The number of nitrogens with zero attached hydrogens (tertiary/aromatic N) is 1. The topological polar surface area (TPSA) is 65.1 Å². The number of esters is 1. The summed E-state index contributed by atoms with van der Waals surface area (Å²) in [5.74, 6) is -0.605. The van der Waals surface area contributed by atoms with Gasteiger partial charge in [-0.15, -0.1) is 0 Å². The summed E-state index contributed by atoms with van der Waals surface area (Å²) in [4.78, 5) is 28.2. The van der Waals surface area contributed by atoms with Gasteiger partial charge in [0.1, 0.15) is 12.3 Å². The lowest BCUT2D eigenvalue weighted by molar-refractivity contribution is -0.164. The van der Waals surface area contributed by atoms with Gasteiger partial charge in [0.2, 0.25) is 5.91 Å². The minimum Gasteiger partial charge on any atom is -0.457 e. The van der Waals surface area contributed by atoms with Crippen LogP contribution in [0.3, 0.4) is 0 Å². The number of ether oxygens (including phenoxy) is 2. The fourth-order valence-electron chi connectivity index (χ4n) is 5.20. The molecule has 2 aliphatic heterocycles. The molecule has 0 radical (unpaired) electrons. The molecule has 0 aromatic rings. The van der Waals surface area contributed by atoms with E-state index >= 15 is 0 Å². The fourth-order valence-corrected chi connectivity index (χ4v) is 6.63. The van der Waals surface area contributed by atoms with Crippen molar-refractivity contribution in [1.29, 1.82) is 0 Å². The maximum Gasteiger partial charge on any atom is 0.355 e. The van der Waals surface area contributed by atoms with E-state index in [0.717, 1.165) is 24.8 Å². The van der Waals surface area contributed by atoms with E-state index in [1.807, 2.05) is 20.8 Å². The van der Waals surface area contributed by atoms with Crippen LogP contribution in [-0.2, 0) is 23.5 Å². The number of fused-ring (bicyclic) bond motifs is 3. The Balaban J connectivity index is 1.93. The van der Waals surface area contributed by atoms with Gasteiger partial charge in [0, 0.05) is 5.92 Å². The molecule has 3 rings (SSSR count). The van der Waals surface area contributed by atoms with Gasteiger partial charge >= 0.3 is 5.97 Å². The molecule has 5 atom stereocenters. The van der Waals surface area contributed by atoms with Crippen LogP contribution in [0.5, 0.6) is 0 Å². The average Bonchev–Trinajstić information content (AvgIpc) is 2.96. The van der Waals surface area contributed by atoms with Gasteiger partial charge in [-0.1, -0.05) is 33.4 Å². The van der Waals surface area contributed by atoms with Crippen molar-refractivity contribution in [3.8, 4) is 0 Å². The van der Waals surface area contributed by atoms with Crippen molar-refractivity contribution in [2.45, 2.75) is 103 Å². The zero-order valence-electron chi connectivity index (χ0n) is 21.1. The van der Waals surface area contributed by atoms with Crippen LogP contribution < -0.4 is 0 Å². The van der Waals surface area contributed by atoms with Crippen molar-refractivity contribution in [1.82, 2.24) is 4.90 Å². The number of carbonyl (C=O) groups is 2. The molecule has 3 aliphatic rings. The largest absolute Gasteiger partial charge is 0.457 e. The van der Waals surface area contributed by atoms with Crippen molar-refractivity contribution in [3.05, 3.63) is 23.9 Å². The molecule has 1 amide bonds. The van der Waals surface area contributed by atoms with Gasteiger partial charge in [0.25, 0.3) is 0 Å². The molecule has 0 aromatic heterocycles. The van der Waals surface area contributed by atoms with E-state index in [2.05, 4.69) is 40.4 Å². The van der Waals surface area contributed by atoms with Crippen molar-refractivity contribution in [2.24, 2.45) is 11.8 Å².